The average Bonchev–Trinajstić information content (AvgIpc) is 3.37. The zero-order valence-corrected chi connectivity index (χ0v) is 19.5. The number of carbonyl (C=O) groups excluding carboxylic acids is 1. The number of nitrogens with one attached hydrogen (secondary N) is 2. The number of methoxy groups -OCH3 is 1. The largest absolute Gasteiger partial charge is 0.508 e. The number of ether oxygens (including phenoxy) is 1. The van der Waals surface area contributed by atoms with E-state index < -0.39 is 12.1 Å². The molecule has 176 valence electrons. The van der Waals surface area contributed by atoms with E-state index in [-0.39, 0.29) is 29.4 Å². The van der Waals surface area contributed by atoms with Crippen LogP contribution in [0, 0.1) is 12.8 Å². The van der Waals surface area contributed by atoms with Crippen molar-refractivity contribution in [3.63, 3.8) is 0 Å². The molecule has 0 radical (unpaired) electrons. The molecule has 2 aliphatic rings. The minimum atomic E-state index is -0.522. The van der Waals surface area contributed by atoms with Gasteiger partial charge >= 0.3 is 0 Å². The van der Waals surface area contributed by atoms with E-state index in [1.807, 2.05) is 24.0 Å². The topological polar surface area (TPSA) is 107 Å². The van der Waals surface area contributed by atoms with E-state index in [0.717, 1.165) is 16.7 Å². The van der Waals surface area contributed by atoms with Crippen LogP contribution >= 0.6 is 11.6 Å². The number of pyridine rings is 1. The lowest BCUT2D eigenvalue weighted by Crippen LogP contribution is -2.41. The fraction of sp³-hybridized carbons (Fsp3) is 0.280. The van der Waals surface area contributed by atoms with Gasteiger partial charge in [-0.15, -0.1) is 0 Å². The van der Waals surface area contributed by atoms with Crippen molar-refractivity contribution in [2.75, 3.05) is 7.11 Å². The van der Waals surface area contributed by atoms with Crippen LogP contribution in [0.5, 0.6) is 17.2 Å². The van der Waals surface area contributed by atoms with Crippen LogP contribution in [-0.4, -0.2) is 39.2 Å². The number of nitrogens with zero attached hydrogens (tertiary/aromatic N) is 2. The quantitative estimate of drug-likeness (QED) is 0.443. The maximum absolute atomic E-state index is 13.6. The molecule has 0 spiro atoms. The average molecular weight is 481 g/mol. The van der Waals surface area contributed by atoms with Crippen molar-refractivity contribution in [3.8, 4) is 17.2 Å². The molecule has 0 saturated carbocycles. The number of halogens is 1. The first kappa shape index (κ1) is 22.5. The number of likely N-dealkylation sites (tertiary alicyclic amines) is 1. The number of benzene rings is 2. The smallest absolute Gasteiger partial charge is 0.242 e. The lowest BCUT2D eigenvalue weighted by atomic mass is 9.83. The molecule has 4 N–H and O–H groups in total. The Labute approximate surface area is 202 Å². The maximum Gasteiger partial charge on any atom is 0.242 e. The van der Waals surface area contributed by atoms with Crippen molar-refractivity contribution in [2.24, 2.45) is 5.92 Å². The van der Waals surface area contributed by atoms with Crippen molar-refractivity contribution in [2.45, 2.75) is 31.6 Å². The Morgan fingerprint density at radius 3 is 2.65 bits per heavy atom. The molecule has 9 heteroatoms. The second-order valence-electron chi connectivity index (χ2n) is 8.69. The summed E-state index contributed by atoms with van der Waals surface area (Å²) in [5, 5.41) is 21.4. The summed E-state index contributed by atoms with van der Waals surface area (Å²) >= 11 is 6.39. The standard InChI is InChI=1S/C25H25ClN4O4/c1-13-8-19(32)16(10-17(13)26)22-21-23(29-28-22)25(33)30(12-14-4-3-7-27-11-14)24(21)15-5-6-18(31)20(9-15)34-2/h3-11,21-24,28-29,31-32H,12H2,1-2H3. The summed E-state index contributed by atoms with van der Waals surface area (Å²) < 4.78 is 5.34. The highest BCUT2D eigenvalue weighted by atomic mass is 35.5. The highest BCUT2D eigenvalue weighted by Gasteiger charge is 2.56. The van der Waals surface area contributed by atoms with Crippen molar-refractivity contribution >= 4 is 17.5 Å². The van der Waals surface area contributed by atoms with Crippen LogP contribution in [0.3, 0.4) is 0 Å². The lowest BCUT2D eigenvalue weighted by Gasteiger charge is -2.32. The van der Waals surface area contributed by atoms with Gasteiger partial charge in [0.15, 0.2) is 11.5 Å². The highest BCUT2D eigenvalue weighted by Crippen LogP contribution is 2.50. The first-order valence-electron chi connectivity index (χ1n) is 11.0. The van der Waals surface area contributed by atoms with E-state index >= 15 is 0 Å². The Hall–Kier alpha value is -3.33. The molecule has 4 unspecified atom stereocenters. The van der Waals surface area contributed by atoms with Gasteiger partial charge in [0, 0.05) is 35.4 Å². The van der Waals surface area contributed by atoms with Gasteiger partial charge in [-0.25, -0.2) is 10.9 Å². The molecule has 34 heavy (non-hydrogen) atoms. The van der Waals surface area contributed by atoms with Crippen LogP contribution < -0.4 is 15.6 Å². The molecule has 8 nitrogen and oxygen atoms in total. The predicted molar refractivity (Wildman–Crippen MR) is 126 cm³/mol. The number of aromatic hydroxyl groups is 2. The Kier molecular flexibility index (Phi) is 5.81. The van der Waals surface area contributed by atoms with Crippen molar-refractivity contribution in [1.29, 1.82) is 0 Å². The SMILES string of the molecule is COc1cc(C2C3C(NNC3c3cc(Cl)c(C)cc3O)C(=O)N2Cc2cccnc2)ccc1O. The molecule has 2 aliphatic heterocycles. The molecule has 2 fully saturated rings. The van der Waals surface area contributed by atoms with Crippen LogP contribution in [0.4, 0.5) is 0 Å². The summed E-state index contributed by atoms with van der Waals surface area (Å²) in [7, 11) is 1.49. The second-order valence-corrected chi connectivity index (χ2v) is 9.09. The van der Waals surface area contributed by atoms with Gasteiger partial charge in [-0.1, -0.05) is 23.7 Å². The molecular formula is C25H25ClN4O4. The number of phenolic OH excluding ortho intramolecular Hbond substituents is 2. The Balaban J connectivity index is 1.62. The zero-order chi connectivity index (χ0) is 24.0. The molecule has 0 aliphatic carbocycles. The van der Waals surface area contributed by atoms with Gasteiger partial charge in [0.05, 0.1) is 19.2 Å². The summed E-state index contributed by atoms with van der Waals surface area (Å²) in [5.41, 5.74) is 9.45. The third kappa shape index (κ3) is 3.73. The van der Waals surface area contributed by atoms with Gasteiger partial charge in [0.1, 0.15) is 11.8 Å². The minimum Gasteiger partial charge on any atom is -0.508 e. The summed E-state index contributed by atoms with van der Waals surface area (Å²) in [6, 6.07) is 11.0. The third-order valence-corrected chi connectivity index (χ3v) is 7.08. The number of fused-ring (bicyclic) bond motifs is 1. The summed E-state index contributed by atoms with van der Waals surface area (Å²) in [6.07, 6.45) is 3.43. The van der Waals surface area contributed by atoms with Crippen LogP contribution in [0.1, 0.15) is 34.3 Å². The van der Waals surface area contributed by atoms with Crippen LogP contribution in [-0.2, 0) is 11.3 Å². The van der Waals surface area contributed by atoms with Crippen molar-refractivity contribution in [3.05, 3.63) is 82.1 Å². The number of phenols is 2. The Morgan fingerprint density at radius 1 is 1.12 bits per heavy atom. The van der Waals surface area contributed by atoms with E-state index in [4.69, 9.17) is 16.3 Å². The summed E-state index contributed by atoms with van der Waals surface area (Å²) in [5.74, 6) is 0.114. The maximum atomic E-state index is 13.6. The Bertz CT molecular complexity index is 1240. The fourth-order valence-corrected chi connectivity index (χ4v) is 5.21. The molecular weight excluding hydrogens is 456 g/mol. The predicted octanol–water partition coefficient (Wildman–Crippen LogP) is 3.38. The molecule has 3 aromatic rings. The van der Waals surface area contributed by atoms with Crippen molar-refractivity contribution in [1.82, 2.24) is 20.7 Å². The monoisotopic (exact) mass is 480 g/mol. The molecule has 1 aromatic heterocycles. The van der Waals surface area contributed by atoms with Gasteiger partial charge in [-0.2, -0.15) is 0 Å². The van der Waals surface area contributed by atoms with E-state index in [2.05, 4.69) is 15.8 Å². The normalized spacial score (nSPS) is 23.9. The molecule has 0 bridgehead atoms. The second kappa shape index (κ2) is 8.79. The number of aryl methyl sites for hydroxylation is 1. The first-order chi connectivity index (χ1) is 16.4. The molecule has 1 amide bonds. The molecule has 3 heterocycles. The lowest BCUT2D eigenvalue weighted by molar-refractivity contribution is -0.131. The van der Waals surface area contributed by atoms with Gasteiger partial charge in [0.25, 0.3) is 0 Å². The van der Waals surface area contributed by atoms with Crippen LogP contribution in [0.15, 0.2) is 54.9 Å². The molecule has 2 aromatic carbocycles. The first-order valence-corrected chi connectivity index (χ1v) is 11.3. The van der Waals surface area contributed by atoms with E-state index in [1.54, 1.807) is 42.7 Å². The fourth-order valence-electron chi connectivity index (χ4n) is 5.04. The highest BCUT2D eigenvalue weighted by molar-refractivity contribution is 6.31. The summed E-state index contributed by atoms with van der Waals surface area (Å²) in [6.45, 7) is 2.19. The zero-order valence-electron chi connectivity index (χ0n) is 18.7. The van der Waals surface area contributed by atoms with Gasteiger partial charge in [-0.05, 0) is 53.9 Å². The molecule has 5 rings (SSSR count). The number of aromatic nitrogens is 1. The van der Waals surface area contributed by atoms with Gasteiger partial charge in [-0.3, -0.25) is 9.78 Å². The number of amides is 1. The van der Waals surface area contributed by atoms with Crippen molar-refractivity contribution < 1.29 is 19.7 Å². The molecule has 4 atom stereocenters. The van der Waals surface area contributed by atoms with E-state index in [9.17, 15) is 15.0 Å². The van der Waals surface area contributed by atoms with Crippen LogP contribution in [0.25, 0.3) is 0 Å². The Morgan fingerprint density at radius 2 is 1.91 bits per heavy atom. The van der Waals surface area contributed by atoms with Crippen LogP contribution in [0.2, 0.25) is 5.02 Å². The minimum absolute atomic E-state index is 0.0214. The number of hydrazine groups is 1. The number of rotatable bonds is 5. The number of hydrogen-bond acceptors (Lipinski definition) is 7. The number of carbonyl (C=O) groups is 1. The summed E-state index contributed by atoms with van der Waals surface area (Å²) in [4.78, 5) is 19.6. The van der Waals surface area contributed by atoms with Gasteiger partial charge in [0.2, 0.25) is 5.91 Å². The van der Waals surface area contributed by atoms with Gasteiger partial charge < -0.3 is 19.8 Å². The third-order valence-electron chi connectivity index (χ3n) is 6.68. The van der Waals surface area contributed by atoms with E-state index in [0.29, 0.717) is 22.9 Å². The molecule has 2 saturated heterocycles. The number of hydrogen-bond donors (Lipinski definition) is 4. The van der Waals surface area contributed by atoms with E-state index in [1.165, 1.54) is 7.11 Å².